The van der Waals surface area contributed by atoms with Gasteiger partial charge in [0.05, 0.1) is 6.07 Å². The van der Waals surface area contributed by atoms with E-state index >= 15 is 0 Å². The molecule has 0 bridgehead atoms. The summed E-state index contributed by atoms with van der Waals surface area (Å²) >= 11 is 0. The summed E-state index contributed by atoms with van der Waals surface area (Å²) in [6.45, 7) is 9.50. The van der Waals surface area contributed by atoms with Gasteiger partial charge in [-0.05, 0) is 50.8 Å². The molecule has 0 fully saturated rings. The van der Waals surface area contributed by atoms with Gasteiger partial charge in [-0.25, -0.2) is 0 Å². The van der Waals surface area contributed by atoms with Crippen molar-refractivity contribution in [3.05, 3.63) is 35.4 Å². The molecule has 21 heavy (non-hydrogen) atoms. The topological polar surface area (TPSA) is 39.1 Å². The van der Waals surface area contributed by atoms with Crippen LogP contribution in [0.2, 0.25) is 0 Å². The van der Waals surface area contributed by atoms with Gasteiger partial charge in [0.1, 0.15) is 5.54 Å². The van der Waals surface area contributed by atoms with E-state index in [9.17, 15) is 5.26 Å². The summed E-state index contributed by atoms with van der Waals surface area (Å²) in [4.78, 5) is 2.48. The molecule has 114 valence electrons. The Kier molecular flexibility index (Phi) is 5.39. The molecule has 1 aromatic rings. The minimum absolute atomic E-state index is 0.348. The van der Waals surface area contributed by atoms with Gasteiger partial charge in [0.25, 0.3) is 0 Å². The summed E-state index contributed by atoms with van der Waals surface area (Å²) in [7, 11) is 0. The highest BCUT2D eigenvalue weighted by Gasteiger charge is 2.28. The zero-order chi connectivity index (χ0) is 15.3. The van der Waals surface area contributed by atoms with Gasteiger partial charge in [-0.1, -0.05) is 31.2 Å². The highest BCUT2D eigenvalue weighted by atomic mass is 15.1. The molecule has 0 radical (unpaired) electrons. The van der Waals surface area contributed by atoms with E-state index in [2.05, 4.69) is 61.3 Å². The SMILES string of the molecule is CCC(C#N)(CCCN1Cc2ccccc2C1)NC(C)C. The minimum atomic E-state index is -0.360. The lowest BCUT2D eigenvalue weighted by molar-refractivity contribution is 0.254. The number of benzene rings is 1. The summed E-state index contributed by atoms with van der Waals surface area (Å²) in [5.74, 6) is 0. The van der Waals surface area contributed by atoms with Crippen molar-refractivity contribution in [2.24, 2.45) is 0 Å². The summed E-state index contributed by atoms with van der Waals surface area (Å²) < 4.78 is 0. The van der Waals surface area contributed by atoms with E-state index in [1.165, 1.54) is 11.1 Å². The van der Waals surface area contributed by atoms with Gasteiger partial charge in [-0.3, -0.25) is 10.2 Å². The molecule has 1 aliphatic heterocycles. The van der Waals surface area contributed by atoms with Crippen LogP contribution in [0.4, 0.5) is 0 Å². The number of rotatable bonds is 7. The van der Waals surface area contributed by atoms with Crippen molar-refractivity contribution in [1.29, 1.82) is 5.26 Å². The Morgan fingerprint density at radius 1 is 1.29 bits per heavy atom. The van der Waals surface area contributed by atoms with Crippen LogP contribution in [0.25, 0.3) is 0 Å². The quantitative estimate of drug-likeness (QED) is 0.834. The van der Waals surface area contributed by atoms with Gasteiger partial charge < -0.3 is 0 Å². The van der Waals surface area contributed by atoms with E-state index in [1.54, 1.807) is 0 Å². The zero-order valence-electron chi connectivity index (χ0n) is 13.5. The summed E-state index contributed by atoms with van der Waals surface area (Å²) in [5, 5.41) is 13.0. The molecule has 0 saturated carbocycles. The fourth-order valence-electron chi connectivity index (χ4n) is 3.24. The van der Waals surface area contributed by atoms with Crippen molar-refractivity contribution >= 4 is 0 Å². The minimum Gasteiger partial charge on any atom is -0.297 e. The Balaban J connectivity index is 1.83. The molecule has 0 amide bonds. The Bertz CT molecular complexity index is 478. The molecule has 1 aromatic carbocycles. The molecule has 1 unspecified atom stereocenters. The van der Waals surface area contributed by atoms with Gasteiger partial charge in [0.2, 0.25) is 0 Å². The monoisotopic (exact) mass is 285 g/mol. The molecule has 0 aliphatic carbocycles. The van der Waals surface area contributed by atoms with Crippen molar-refractivity contribution in [3.8, 4) is 6.07 Å². The fourth-order valence-corrected chi connectivity index (χ4v) is 3.24. The number of hydrogen-bond donors (Lipinski definition) is 1. The van der Waals surface area contributed by atoms with Crippen molar-refractivity contribution in [2.75, 3.05) is 6.54 Å². The first-order chi connectivity index (χ1) is 10.1. The van der Waals surface area contributed by atoms with Crippen LogP contribution in [-0.2, 0) is 13.1 Å². The van der Waals surface area contributed by atoms with Crippen LogP contribution in [0.3, 0.4) is 0 Å². The molecule has 0 aromatic heterocycles. The predicted molar refractivity (Wildman–Crippen MR) is 86.7 cm³/mol. The first-order valence-electron chi connectivity index (χ1n) is 8.06. The zero-order valence-corrected chi connectivity index (χ0v) is 13.5. The van der Waals surface area contributed by atoms with Crippen LogP contribution in [0.15, 0.2) is 24.3 Å². The van der Waals surface area contributed by atoms with Crippen LogP contribution in [0, 0.1) is 11.3 Å². The van der Waals surface area contributed by atoms with Crippen LogP contribution in [-0.4, -0.2) is 23.0 Å². The molecule has 1 heterocycles. The van der Waals surface area contributed by atoms with Crippen LogP contribution >= 0.6 is 0 Å². The van der Waals surface area contributed by atoms with Gasteiger partial charge in [-0.2, -0.15) is 5.26 Å². The van der Waals surface area contributed by atoms with Crippen molar-refractivity contribution < 1.29 is 0 Å². The standard InChI is InChI=1S/C18H27N3/c1-4-18(14-19,20-15(2)3)10-7-11-21-12-16-8-5-6-9-17(16)13-21/h5-6,8-9,15,20H,4,7,10-13H2,1-3H3. The molecular weight excluding hydrogens is 258 g/mol. The second kappa shape index (κ2) is 7.06. The van der Waals surface area contributed by atoms with Gasteiger partial charge in [0, 0.05) is 19.1 Å². The van der Waals surface area contributed by atoms with E-state index in [1.807, 2.05) is 0 Å². The van der Waals surface area contributed by atoms with E-state index in [4.69, 9.17) is 0 Å². The second-order valence-corrected chi connectivity index (χ2v) is 6.43. The van der Waals surface area contributed by atoms with Crippen LogP contribution < -0.4 is 5.32 Å². The average molecular weight is 285 g/mol. The summed E-state index contributed by atoms with van der Waals surface area (Å²) in [6.07, 6.45) is 2.85. The number of nitrogens with zero attached hydrogens (tertiary/aromatic N) is 2. The number of hydrogen-bond acceptors (Lipinski definition) is 3. The molecule has 1 atom stereocenters. The van der Waals surface area contributed by atoms with Crippen molar-refractivity contribution in [3.63, 3.8) is 0 Å². The lowest BCUT2D eigenvalue weighted by atomic mass is 9.91. The van der Waals surface area contributed by atoms with Gasteiger partial charge >= 0.3 is 0 Å². The van der Waals surface area contributed by atoms with E-state index in [0.717, 1.165) is 38.9 Å². The smallest absolute Gasteiger partial charge is 0.106 e. The van der Waals surface area contributed by atoms with Gasteiger partial charge in [0.15, 0.2) is 0 Å². The van der Waals surface area contributed by atoms with E-state index in [0.29, 0.717) is 6.04 Å². The first kappa shape index (κ1) is 16.0. The van der Waals surface area contributed by atoms with Crippen LogP contribution in [0.1, 0.15) is 51.2 Å². The molecule has 0 saturated heterocycles. The molecule has 0 spiro atoms. The van der Waals surface area contributed by atoms with Crippen molar-refractivity contribution in [2.45, 2.75) is 64.7 Å². The second-order valence-electron chi connectivity index (χ2n) is 6.43. The summed E-state index contributed by atoms with van der Waals surface area (Å²) in [6, 6.07) is 11.5. The number of nitriles is 1. The average Bonchev–Trinajstić information content (AvgIpc) is 2.88. The normalized spacial score (nSPS) is 17.5. The highest BCUT2D eigenvalue weighted by molar-refractivity contribution is 5.30. The third-order valence-corrected chi connectivity index (χ3v) is 4.37. The maximum atomic E-state index is 9.53. The fraction of sp³-hybridized carbons (Fsp3) is 0.611. The van der Waals surface area contributed by atoms with Crippen LogP contribution in [0.5, 0.6) is 0 Å². The third-order valence-electron chi connectivity index (χ3n) is 4.37. The molecule has 2 rings (SSSR count). The number of fused-ring (bicyclic) bond motifs is 1. The molecule has 1 N–H and O–H groups in total. The Morgan fingerprint density at radius 2 is 1.90 bits per heavy atom. The van der Waals surface area contributed by atoms with Crippen molar-refractivity contribution in [1.82, 2.24) is 10.2 Å². The molecule has 3 heteroatoms. The summed E-state index contributed by atoms with van der Waals surface area (Å²) in [5.41, 5.74) is 2.56. The highest BCUT2D eigenvalue weighted by Crippen LogP contribution is 2.24. The predicted octanol–water partition coefficient (Wildman–Crippen LogP) is 3.45. The maximum Gasteiger partial charge on any atom is 0.106 e. The van der Waals surface area contributed by atoms with E-state index < -0.39 is 0 Å². The largest absolute Gasteiger partial charge is 0.297 e. The number of nitrogens with one attached hydrogen (secondary N) is 1. The van der Waals surface area contributed by atoms with E-state index in [-0.39, 0.29) is 5.54 Å². The Labute approximate surface area is 129 Å². The lowest BCUT2D eigenvalue weighted by Gasteiger charge is -2.29. The van der Waals surface area contributed by atoms with Gasteiger partial charge in [-0.15, -0.1) is 0 Å². The third kappa shape index (κ3) is 4.06. The Hall–Kier alpha value is -1.37. The first-order valence-corrected chi connectivity index (χ1v) is 8.06. The molecule has 3 nitrogen and oxygen atoms in total. The molecule has 1 aliphatic rings. The lowest BCUT2D eigenvalue weighted by Crippen LogP contribution is -2.47. The molecular formula is C18H27N3. The maximum absolute atomic E-state index is 9.53. The Morgan fingerprint density at radius 3 is 2.38 bits per heavy atom.